The van der Waals surface area contributed by atoms with E-state index < -0.39 is 0 Å². The molecule has 76 valence electrons. The molecule has 1 aliphatic heterocycles. The predicted octanol–water partition coefficient (Wildman–Crippen LogP) is 2.39. The molecule has 0 saturated carbocycles. The van der Waals surface area contributed by atoms with Crippen molar-refractivity contribution in [3.8, 4) is 0 Å². The summed E-state index contributed by atoms with van der Waals surface area (Å²) in [5.41, 5.74) is 2.62. The zero-order valence-corrected chi connectivity index (χ0v) is 9.00. The minimum Gasteiger partial charge on any atom is -0.357 e. The second kappa shape index (κ2) is 3.37. The molecule has 0 amide bonds. The van der Waals surface area contributed by atoms with Gasteiger partial charge in [0.2, 0.25) is 0 Å². The van der Waals surface area contributed by atoms with Crippen LogP contribution in [0.1, 0.15) is 31.2 Å². The molecule has 0 radical (unpaired) electrons. The van der Waals surface area contributed by atoms with Gasteiger partial charge in [-0.15, -0.1) is 0 Å². The number of aryl methyl sites for hydroxylation is 1. The first-order valence-electron chi connectivity index (χ1n) is 5.03. The lowest BCUT2D eigenvalue weighted by Gasteiger charge is -2.18. The highest BCUT2D eigenvalue weighted by Crippen LogP contribution is 2.27. The van der Waals surface area contributed by atoms with Crippen LogP contribution in [0, 0.1) is 6.92 Å². The van der Waals surface area contributed by atoms with Gasteiger partial charge in [-0.05, 0) is 31.9 Å². The smallest absolute Gasteiger partial charge is 0.135 e. The number of hydrogen-bond donors (Lipinski definition) is 1. The van der Waals surface area contributed by atoms with Crippen molar-refractivity contribution >= 4 is 0 Å². The number of ether oxygens (including phenoxy) is 1. The van der Waals surface area contributed by atoms with Crippen LogP contribution >= 0.6 is 0 Å². The van der Waals surface area contributed by atoms with E-state index >= 15 is 0 Å². The topological polar surface area (TPSA) is 21.3 Å². The summed E-state index contributed by atoms with van der Waals surface area (Å²) in [6.07, 6.45) is 0.0613. The maximum absolute atomic E-state index is 5.72. The molecular weight excluding hydrogens is 174 g/mol. The van der Waals surface area contributed by atoms with Crippen LogP contribution in [0.2, 0.25) is 0 Å². The molecule has 1 aromatic carbocycles. The van der Waals surface area contributed by atoms with Crippen LogP contribution in [0.5, 0.6) is 0 Å². The van der Waals surface area contributed by atoms with E-state index in [-0.39, 0.29) is 11.8 Å². The number of rotatable bonds is 1. The van der Waals surface area contributed by atoms with Crippen molar-refractivity contribution in [1.29, 1.82) is 0 Å². The normalized spacial score (nSPS) is 25.2. The van der Waals surface area contributed by atoms with Crippen LogP contribution in [-0.4, -0.2) is 12.1 Å². The highest BCUT2D eigenvalue weighted by Gasteiger charge is 2.32. The molecule has 1 heterocycles. The molecule has 1 unspecified atom stereocenters. The van der Waals surface area contributed by atoms with Gasteiger partial charge in [0.25, 0.3) is 0 Å². The second-order valence-electron chi connectivity index (χ2n) is 4.58. The van der Waals surface area contributed by atoms with Gasteiger partial charge >= 0.3 is 0 Å². The maximum atomic E-state index is 5.72. The third kappa shape index (κ3) is 1.81. The summed E-state index contributed by atoms with van der Waals surface area (Å²) >= 11 is 0. The summed E-state index contributed by atoms with van der Waals surface area (Å²) in [5.74, 6) is 0. The highest BCUT2D eigenvalue weighted by molar-refractivity contribution is 5.28. The lowest BCUT2D eigenvalue weighted by atomic mass is 10.1. The van der Waals surface area contributed by atoms with Crippen LogP contribution in [0.15, 0.2) is 24.3 Å². The van der Waals surface area contributed by atoms with Crippen molar-refractivity contribution in [2.45, 2.75) is 32.5 Å². The fourth-order valence-electron chi connectivity index (χ4n) is 1.78. The second-order valence-corrected chi connectivity index (χ2v) is 4.58. The summed E-state index contributed by atoms with van der Waals surface area (Å²) in [6.45, 7) is 7.20. The summed E-state index contributed by atoms with van der Waals surface area (Å²) in [4.78, 5) is 0. The van der Waals surface area contributed by atoms with E-state index in [4.69, 9.17) is 4.74 Å². The summed E-state index contributed by atoms with van der Waals surface area (Å²) in [5, 5.41) is 3.47. The monoisotopic (exact) mass is 191 g/mol. The van der Waals surface area contributed by atoms with E-state index in [0.717, 1.165) is 6.61 Å². The van der Waals surface area contributed by atoms with Crippen molar-refractivity contribution in [3.63, 3.8) is 0 Å². The first-order chi connectivity index (χ1) is 6.58. The van der Waals surface area contributed by atoms with E-state index in [1.54, 1.807) is 0 Å². The van der Waals surface area contributed by atoms with E-state index in [2.05, 4.69) is 50.4 Å². The molecular formula is C12H17NO. The molecule has 0 bridgehead atoms. The Morgan fingerprint density at radius 2 is 2.07 bits per heavy atom. The Hall–Kier alpha value is -0.860. The number of nitrogens with one attached hydrogen (secondary N) is 1. The van der Waals surface area contributed by atoms with E-state index in [0.29, 0.717) is 0 Å². The van der Waals surface area contributed by atoms with Gasteiger partial charge in [0.05, 0.1) is 6.61 Å². The molecule has 1 N–H and O–H groups in total. The van der Waals surface area contributed by atoms with Crippen LogP contribution in [0.25, 0.3) is 0 Å². The largest absolute Gasteiger partial charge is 0.357 e. The van der Waals surface area contributed by atoms with Gasteiger partial charge in [0.1, 0.15) is 6.23 Å². The van der Waals surface area contributed by atoms with Crippen molar-refractivity contribution in [1.82, 2.24) is 5.32 Å². The molecule has 2 nitrogen and oxygen atoms in total. The Bertz CT molecular complexity index is 333. The molecule has 2 heteroatoms. The van der Waals surface area contributed by atoms with Crippen LogP contribution in [0.4, 0.5) is 0 Å². The standard InChI is InChI=1S/C12H17NO/c1-9-6-4-5-7-10(9)11-13-12(2,3)8-14-11/h4-7,11,13H,8H2,1-3H3. The molecule has 1 fully saturated rings. The Kier molecular flexibility index (Phi) is 2.33. The Balaban J connectivity index is 2.22. The van der Waals surface area contributed by atoms with Gasteiger partial charge in [-0.3, -0.25) is 5.32 Å². The zero-order valence-electron chi connectivity index (χ0n) is 9.00. The van der Waals surface area contributed by atoms with E-state index in [1.807, 2.05) is 0 Å². The van der Waals surface area contributed by atoms with Gasteiger partial charge in [0, 0.05) is 5.54 Å². The van der Waals surface area contributed by atoms with Crippen molar-refractivity contribution in [2.24, 2.45) is 0 Å². The van der Waals surface area contributed by atoms with Gasteiger partial charge < -0.3 is 4.74 Å². The van der Waals surface area contributed by atoms with Crippen LogP contribution in [-0.2, 0) is 4.74 Å². The van der Waals surface area contributed by atoms with Crippen molar-refractivity contribution in [3.05, 3.63) is 35.4 Å². The number of benzene rings is 1. The molecule has 1 saturated heterocycles. The molecule has 0 aromatic heterocycles. The lowest BCUT2D eigenvalue weighted by molar-refractivity contribution is 0.0984. The van der Waals surface area contributed by atoms with Gasteiger partial charge in [0.15, 0.2) is 0 Å². The molecule has 14 heavy (non-hydrogen) atoms. The third-order valence-electron chi connectivity index (χ3n) is 2.60. The van der Waals surface area contributed by atoms with Gasteiger partial charge in [-0.1, -0.05) is 24.3 Å². The predicted molar refractivity (Wildman–Crippen MR) is 57.1 cm³/mol. The molecule has 2 rings (SSSR count). The average molecular weight is 191 g/mol. The Morgan fingerprint density at radius 1 is 1.36 bits per heavy atom. The molecule has 0 spiro atoms. The first-order valence-corrected chi connectivity index (χ1v) is 5.03. The van der Waals surface area contributed by atoms with Gasteiger partial charge in [-0.25, -0.2) is 0 Å². The fraction of sp³-hybridized carbons (Fsp3) is 0.500. The summed E-state index contributed by atoms with van der Waals surface area (Å²) < 4.78 is 5.72. The van der Waals surface area contributed by atoms with E-state index in [9.17, 15) is 0 Å². The van der Waals surface area contributed by atoms with Crippen molar-refractivity contribution < 1.29 is 4.74 Å². The third-order valence-corrected chi connectivity index (χ3v) is 2.60. The summed E-state index contributed by atoms with van der Waals surface area (Å²) in [6, 6.07) is 8.34. The lowest BCUT2D eigenvalue weighted by Crippen LogP contribution is -2.36. The molecule has 0 aliphatic carbocycles. The quantitative estimate of drug-likeness (QED) is 0.736. The van der Waals surface area contributed by atoms with E-state index in [1.165, 1.54) is 11.1 Å². The fourth-order valence-corrected chi connectivity index (χ4v) is 1.78. The highest BCUT2D eigenvalue weighted by atomic mass is 16.5. The maximum Gasteiger partial charge on any atom is 0.135 e. The molecule has 1 aliphatic rings. The number of hydrogen-bond acceptors (Lipinski definition) is 2. The van der Waals surface area contributed by atoms with Crippen LogP contribution < -0.4 is 5.32 Å². The van der Waals surface area contributed by atoms with Crippen LogP contribution in [0.3, 0.4) is 0 Å². The zero-order chi connectivity index (χ0) is 10.2. The minimum absolute atomic E-state index is 0.0613. The average Bonchev–Trinajstić information content (AvgIpc) is 2.47. The molecule has 1 aromatic rings. The summed E-state index contributed by atoms with van der Waals surface area (Å²) in [7, 11) is 0. The van der Waals surface area contributed by atoms with Gasteiger partial charge in [-0.2, -0.15) is 0 Å². The minimum atomic E-state index is 0.0613. The molecule has 1 atom stereocenters. The SMILES string of the molecule is Cc1ccccc1C1NC(C)(C)CO1. The first kappa shape index (κ1) is 9.69. The Morgan fingerprint density at radius 3 is 2.64 bits per heavy atom. The van der Waals surface area contributed by atoms with Crippen molar-refractivity contribution in [2.75, 3.05) is 6.61 Å². The Labute approximate surface area is 85.3 Å².